The molecule has 0 bridgehead atoms. The molecule has 31 heavy (non-hydrogen) atoms. The molecule has 0 unspecified atom stereocenters. The van der Waals surface area contributed by atoms with Crippen LogP contribution in [0.2, 0.25) is 0 Å². The number of rotatable bonds is 7. The monoisotopic (exact) mass is 418 g/mol. The molecule has 0 saturated carbocycles. The van der Waals surface area contributed by atoms with Gasteiger partial charge in [-0.25, -0.2) is 0 Å². The molecule has 1 atom stereocenters. The lowest BCUT2D eigenvalue weighted by Crippen LogP contribution is -2.30. The maximum Gasteiger partial charge on any atom is 0.252 e. The Morgan fingerprint density at radius 3 is 2.81 bits per heavy atom. The van der Waals surface area contributed by atoms with E-state index in [4.69, 9.17) is 9.72 Å². The van der Waals surface area contributed by atoms with E-state index in [1.807, 2.05) is 47.4 Å². The van der Waals surface area contributed by atoms with E-state index >= 15 is 0 Å². The first-order chi connectivity index (χ1) is 15.2. The number of para-hydroxylation sites is 1. The van der Waals surface area contributed by atoms with Gasteiger partial charge in [0.05, 0.1) is 24.1 Å². The standard InChI is InChI=1S/C24H26N4O3/c1-31-13-11-26-24(30)20-15-22(27-21-5-3-2-4-19(20)21)18-8-12-28(16-18)23(29)14-17-6-9-25-10-7-17/h2-7,9-10,15,18H,8,11-14,16H2,1H3,(H,26,30)/t18-/m0/s1. The van der Waals surface area contributed by atoms with E-state index in [0.29, 0.717) is 38.2 Å². The van der Waals surface area contributed by atoms with E-state index in [0.717, 1.165) is 28.6 Å². The molecule has 1 N–H and O–H groups in total. The van der Waals surface area contributed by atoms with Gasteiger partial charge in [-0.05, 0) is 36.2 Å². The van der Waals surface area contributed by atoms with E-state index in [1.165, 1.54) is 0 Å². The zero-order valence-corrected chi connectivity index (χ0v) is 17.6. The molecule has 0 aliphatic carbocycles. The summed E-state index contributed by atoms with van der Waals surface area (Å²) in [7, 11) is 1.61. The van der Waals surface area contributed by atoms with Crippen LogP contribution in [-0.2, 0) is 16.0 Å². The summed E-state index contributed by atoms with van der Waals surface area (Å²) in [5.41, 5.74) is 3.22. The van der Waals surface area contributed by atoms with Gasteiger partial charge in [-0.1, -0.05) is 18.2 Å². The van der Waals surface area contributed by atoms with Gasteiger partial charge in [0, 0.05) is 56.1 Å². The minimum atomic E-state index is -0.138. The topological polar surface area (TPSA) is 84.4 Å². The first kappa shape index (κ1) is 20.9. The molecule has 3 aromatic rings. The Balaban J connectivity index is 1.53. The Hall–Kier alpha value is -3.32. The van der Waals surface area contributed by atoms with Gasteiger partial charge >= 0.3 is 0 Å². The Labute approximate surface area is 181 Å². The van der Waals surface area contributed by atoms with Crippen molar-refractivity contribution < 1.29 is 14.3 Å². The molecule has 7 nitrogen and oxygen atoms in total. The van der Waals surface area contributed by atoms with E-state index in [1.54, 1.807) is 19.5 Å². The number of nitrogens with one attached hydrogen (secondary N) is 1. The molecule has 1 aliphatic rings. The van der Waals surface area contributed by atoms with Gasteiger partial charge in [0.15, 0.2) is 0 Å². The molecule has 1 fully saturated rings. The molecular weight excluding hydrogens is 392 g/mol. The zero-order chi connectivity index (χ0) is 21.6. The SMILES string of the molecule is COCCNC(=O)c1cc([C@H]2CCN(C(=O)Cc3ccncc3)C2)nc2ccccc12. The van der Waals surface area contributed by atoms with Gasteiger partial charge in [0.2, 0.25) is 5.91 Å². The van der Waals surface area contributed by atoms with Crippen molar-refractivity contribution in [2.24, 2.45) is 0 Å². The largest absolute Gasteiger partial charge is 0.383 e. The van der Waals surface area contributed by atoms with E-state index in [9.17, 15) is 9.59 Å². The predicted octanol–water partition coefficient (Wildman–Crippen LogP) is 2.56. The number of nitrogens with zero attached hydrogens (tertiary/aromatic N) is 3. The second-order valence-electron chi connectivity index (χ2n) is 7.72. The van der Waals surface area contributed by atoms with Gasteiger partial charge in [-0.3, -0.25) is 19.6 Å². The highest BCUT2D eigenvalue weighted by Gasteiger charge is 2.29. The van der Waals surface area contributed by atoms with Crippen molar-refractivity contribution >= 4 is 22.7 Å². The number of benzene rings is 1. The number of hydrogen-bond donors (Lipinski definition) is 1. The average Bonchev–Trinajstić information content (AvgIpc) is 3.30. The third kappa shape index (κ3) is 4.88. The Morgan fingerprint density at radius 1 is 1.19 bits per heavy atom. The Morgan fingerprint density at radius 2 is 2.00 bits per heavy atom. The van der Waals surface area contributed by atoms with Crippen LogP contribution in [0.15, 0.2) is 54.9 Å². The molecule has 1 aromatic carbocycles. The molecule has 160 valence electrons. The van der Waals surface area contributed by atoms with Crippen LogP contribution in [0.3, 0.4) is 0 Å². The van der Waals surface area contributed by atoms with Crippen LogP contribution in [0.5, 0.6) is 0 Å². The van der Waals surface area contributed by atoms with Crippen molar-refractivity contribution in [3.8, 4) is 0 Å². The Kier molecular flexibility index (Phi) is 6.52. The number of methoxy groups -OCH3 is 1. The second-order valence-corrected chi connectivity index (χ2v) is 7.72. The number of aromatic nitrogens is 2. The summed E-state index contributed by atoms with van der Waals surface area (Å²) < 4.78 is 5.03. The molecule has 3 heterocycles. The summed E-state index contributed by atoms with van der Waals surface area (Å²) in [5.74, 6) is 0.0732. The number of carbonyl (C=O) groups is 2. The van der Waals surface area contributed by atoms with Crippen LogP contribution in [0, 0.1) is 0 Å². The minimum absolute atomic E-state index is 0.104. The number of pyridine rings is 2. The lowest BCUT2D eigenvalue weighted by atomic mass is 9.99. The van der Waals surface area contributed by atoms with Crippen molar-refractivity contribution in [2.75, 3.05) is 33.4 Å². The van der Waals surface area contributed by atoms with Crippen LogP contribution in [-0.4, -0.2) is 60.0 Å². The van der Waals surface area contributed by atoms with Crippen molar-refractivity contribution in [1.29, 1.82) is 0 Å². The minimum Gasteiger partial charge on any atom is -0.383 e. The highest BCUT2D eigenvalue weighted by Crippen LogP contribution is 2.29. The second kappa shape index (κ2) is 9.66. The van der Waals surface area contributed by atoms with Gasteiger partial charge in [-0.2, -0.15) is 0 Å². The lowest BCUT2D eigenvalue weighted by molar-refractivity contribution is -0.129. The molecular formula is C24H26N4O3. The number of hydrogen-bond acceptors (Lipinski definition) is 5. The molecule has 4 rings (SSSR count). The molecule has 1 aliphatic heterocycles. The van der Waals surface area contributed by atoms with Crippen LogP contribution in [0.1, 0.15) is 34.0 Å². The predicted molar refractivity (Wildman–Crippen MR) is 118 cm³/mol. The van der Waals surface area contributed by atoms with Gasteiger partial charge in [0.25, 0.3) is 5.91 Å². The first-order valence-corrected chi connectivity index (χ1v) is 10.5. The molecule has 0 spiro atoms. The van der Waals surface area contributed by atoms with E-state index < -0.39 is 0 Å². The van der Waals surface area contributed by atoms with Gasteiger partial charge < -0.3 is 15.0 Å². The summed E-state index contributed by atoms with van der Waals surface area (Å²) in [4.78, 5) is 36.3. The van der Waals surface area contributed by atoms with Gasteiger partial charge in [-0.15, -0.1) is 0 Å². The van der Waals surface area contributed by atoms with Crippen molar-refractivity contribution in [1.82, 2.24) is 20.2 Å². The summed E-state index contributed by atoms with van der Waals surface area (Å²) in [5, 5.41) is 3.73. The molecule has 2 amide bonds. The summed E-state index contributed by atoms with van der Waals surface area (Å²) in [6.07, 6.45) is 4.60. The van der Waals surface area contributed by atoms with Crippen molar-refractivity contribution in [3.63, 3.8) is 0 Å². The maximum atomic E-state index is 12.8. The normalized spacial score (nSPS) is 15.9. The number of ether oxygens (including phenoxy) is 1. The van der Waals surface area contributed by atoms with Crippen molar-refractivity contribution in [2.45, 2.75) is 18.8 Å². The fraction of sp³-hybridized carbons (Fsp3) is 0.333. The Bertz CT molecular complexity index is 1070. The number of fused-ring (bicyclic) bond motifs is 1. The maximum absolute atomic E-state index is 12.8. The zero-order valence-electron chi connectivity index (χ0n) is 17.6. The molecule has 0 radical (unpaired) electrons. The average molecular weight is 418 g/mol. The fourth-order valence-corrected chi connectivity index (χ4v) is 3.97. The lowest BCUT2D eigenvalue weighted by Gasteiger charge is -2.17. The third-order valence-corrected chi connectivity index (χ3v) is 5.64. The summed E-state index contributed by atoms with van der Waals surface area (Å²) in [6, 6.07) is 13.3. The summed E-state index contributed by atoms with van der Waals surface area (Å²) >= 11 is 0. The smallest absolute Gasteiger partial charge is 0.252 e. The molecule has 7 heteroatoms. The van der Waals surface area contributed by atoms with E-state index in [2.05, 4.69) is 10.3 Å². The summed E-state index contributed by atoms with van der Waals surface area (Å²) in [6.45, 7) is 2.21. The number of likely N-dealkylation sites (tertiary alicyclic amines) is 1. The van der Waals surface area contributed by atoms with Crippen LogP contribution < -0.4 is 5.32 Å². The van der Waals surface area contributed by atoms with E-state index in [-0.39, 0.29) is 17.7 Å². The number of amides is 2. The van der Waals surface area contributed by atoms with Crippen LogP contribution in [0.4, 0.5) is 0 Å². The van der Waals surface area contributed by atoms with Crippen LogP contribution >= 0.6 is 0 Å². The van der Waals surface area contributed by atoms with Gasteiger partial charge in [0.1, 0.15) is 0 Å². The third-order valence-electron chi connectivity index (χ3n) is 5.64. The fourth-order valence-electron chi connectivity index (χ4n) is 3.97. The highest BCUT2D eigenvalue weighted by molar-refractivity contribution is 6.06. The van der Waals surface area contributed by atoms with Crippen LogP contribution in [0.25, 0.3) is 10.9 Å². The number of carbonyl (C=O) groups excluding carboxylic acids is 2. The first-order valence-electron chi connectivity index (χ1n) is 10.5. The molecule has 1 saturated heterocycles. The highest BCUT2D eigenvalue weighted by atomic mass is 16.5. The quantitative estimate of drug-likeness (QED) is 0.596. The molecule has 2 aromatic heterocycles. The van der Waals surface area contributed by atoms with Crippen molar-refractivity contribution in [3.05, 3.63) is 71.7 Å².